The maximum absolute atomic E-state index is 13.4. The Labute approximate surface area is 191 Å². The standard InChI is InChI=1S/C24H21FN4O3S/c1-2-33(31,32)27-19-11-13-28(14-12-19)23-20-5-3-4-6-22(20)29(24(30)21(23)15-26)16-17-7-9-18(25)10-8-17/h1,3-10,19,27H,11-14,16H2. The fraction of sp³-hybridized carbons (Fsp3) is 0.250. The molecule has 0 atom stereocenters. The zero-order valence-corrected chi connectivity index (χ0v) is 18.5. The highest BCUT2D eigenvalue weighted by Gasteiger charge is 2.27. The van der Waals surface area contributed by atoms with Crippen LogP contribution in [0.2, 0.25) is 0 Å². The normalized spacial score (nSPS) is 14.7. The molecule has 1 aliphatic rings. The number of halogens is 1. The SMILES string of the molecule is C#CS(=O)(=O)NC1CCN(c2c(C#N)c(=O)n(Cc3ccc(F)cc3)c3ccccc23)CC1. The molecule has 4 rings (SSSR count). The minimum absolute atomic E-state index is 0.0264. The van der Waals surface area contributed by atoms with E-state index in [1.54, 1.807) is 17.4 Å². The van der Waals surface area contributed by atoms with Gasteiger partial charge in [-0.15, -0.1) is 6.42 Å². The first kappa shape index (κ1) is 22.5. The molecule has 1 saturated heterocycles. The molecule has 0 saturated carbocycles. The van der Waals surface area contributed by atoms with Gasteiger partial charge in [-0.3, -0.25) is 4.79 Å². The Morgan fingerprint density at radius 3 is 2.42 bits per heavy atom. The number of aromatic nitrogens is 1. The lowest BCUT2D eigenvalue weighted by molar-refractivity contribution is 0.463. The second kappa shape index (κ2) is 9.07. The van der Waals surface area contributed by atoms with Crippen LogP contribution in [0.15, 0.2) is 53.3 Å². The van der Waals surface area contributed by atoms with Gasteiger partial charge in [0.2, 0.25) is 0 Å². The predicted octanol–water partition coefficient (Wildman–Crippen LogP) is 2.54. The number of hydrogen-bond donors (Lipinski definition) is 1. The molecule has 0 bridgehead atoms. The van der Waals surface area contributed by atoms with Gasteiger partial charge < -0.3 is 9.47 Å². The number of nitriles is 1. The van der Waals surface area contributed by atoms with Crippen LogP contribution in [0.1, 0.15) is 24.0 Å². The first-order chi connectivity index (χ1) is 15.8. The predicted molar refractivity (Wildman–Crippen MR) is 125 cm³/mol. The summed E-state index contributed by atoms with van der Waals surface area (Å²) in [6.07, 6.45) is 6.00. The molecule has 0 unspecified atom stereocenters. The molecular weight excluding hydrogens is 443 g/mol. The fourth-order valence-electron chi connectivity index (χ4n) is 4.22. The number of para-hydroxylation sites is 1. The number of sulfonamides is 1. The van der Waals surface area contributed by atoms with E-state index in [1.807, 2.05) is 29.2 Å². The van der Waals surface area contributed by atoms with Crippen LogP contribution in [0, 0.1) is 28.8 Å². The van der Waals surface area contributed by atoms with Gasteiger partial charge in [0.25, 0.3) is 15.6 Å². The third kappa shape index (κ3) is 4.61. The van der Waals surface area contributed by atoms with E-state index in [0.717, 1.165) is 10.9 Å². The maximum atomic E-state index is 13.4. The summed E-state index contributed by atoms with van der Waals surface area (Å²) in [5.74, 6) is -0.364. The highest BCUT2D eigenvalue weighted by atomic mass is 32.2. The lowest BCUT2D eigenvalue weighted by Gasteiger charge is -2.34. The molecule has 7 nitrogen and oxygen atoms in total. The van der Waals surface area contributed by atoms with Gasteiger partial charge in [0, 0.05) is 29.8 Å². The monoisotopic (exact) mass is 464 g/mol. The molecule has 9 heteroatoms. The Balaban J connectivity index is 1.73. The first-order valence-electron chi connectivity index (χ1n) is 10.4. The van der Waals surface area contributed by atoms with Gasteiger partial charge in [0.1, 0.15) is 17.4 Å². The van der Waals surface area contributed by atoms with Gasteiger partial charge in [0.15, 0.2) is 0 Å². The summed E-state index contributed by atoms with van der Waals surface area (Å²) in [6, 6.07) is 15.0. The van der Waals surface area contributed by atoms with E-state index in [-0.39, 0.29) is 24.0 Å². The summed E-state index contributed by atoms with van der Waals surface area (Å²) < 4.78 is 40.7. The van der Waals surface area contributed by atoms with E-state index in [9.17, 15) is 22.9 Å². The molecule has 0 radical (unpaired) electrons. The van der Waals surface area contributed by atoms with Gasteiger partial charge in [0.05, 0.1) is 17.7 Å². The largest absolute Gasteiger partial charge is 0.370 e. The van der Waals surface area contributed by atoms with E-state index < -0.39 is 15.6 Å². The second-order valence-corrected chi connectivity index (χ2v) is 9.35. The van der Waals surface area contributed by atoms with Crippen LogP contribution in [0.4, 0.5) is 10.1 Å². The van der Waals surface area contributed by atoms with Crippen molar-refractivity contribution in [1.82, 2.24) is 9.29 Å². The number of rotatable bonds is 5. The summed E-state index contributed by atoms with van der Waals surface area (Å²) in [4.78, 5) is 15.3. The summed E-state index contributed by atoms with van der Waals surface area (Å²) in [6.45, 7) is 1.11. The van der Waals surface area contributed by atoms with Crippen LogP contribution in [-0.4, -0.2) is 32.1 Å². The van der Waals surface area contributed by atoms with E-state index in [0.29, 0.717) is 37.1 Å². The molecular formula is C24H21FN4O3S. The van der Waals surface area contributed by atoms with Crippen molar-refractivity contribution in [3.63, 3.8) is 0 Å². The van der Waals surface area contributed by atoms with Crippen LogP contribution in [0.25, 0.3) is 10.9 Å². The number of pyridine rings is 1. The van der Waals surface area contributed by atoms with E-state index >= 15 is 0 Å². The van der Waals surface area contributed by atoms with Gasteiger partial charge in [-0.1, -0.05) is 30.3 Å². The highest BCUT2D eigenvalue weighted by molar-refractivity contribution is 7.94. The van der Waals surface area contributed by atoms with Crippen molar-refractivity contribution in [2.75, 3.05) is 18.0 Å². The lowest BCUT2D eigenvalue weighted by atomic mass is 10.0. The van der Waals surface area contributed by atoms with Gasteiger partial charge >= 0.3 is 0 Å². The molecule has 0 aliphatic carbocycles. The highest BCUT2D eigenvalue weighted by Crippen LogP contribution is 2.31. The van der Waals surface area contributed by atoms with Crippen molar-refractivity contribution in [3.05, 3.63) is 75.8 Å². The zero-order chi connectivity index (χ0) is 23.6. The molecule has 1 aliphatic heterocycles. The number of benzene rings is 2. The number of anilines is 1. The average Bonchev–Trinajstić information content (AvgIpc) is 2.82. The molecule has 1 aromatic heterocycles. The minimum Gasteiger partial charge on any atom is -0.370 e. The Hall–Kier alpha value is -3.66. The van der Waals surface area contributed by atoms with Crippen molar-refractivity contribution in [3.8, 4) is 17.7 Å². The summed E-state index contributed by atoms with van der Waals surface area (Å²) >= 11 is 0. The summed E-state index contributed by atoms with van der Waals surface area (Å²) in [7, 11) is -3.76. The third-order valence-electron chi connectivity index (χ3n) is 5.80. The smallest absolute Gasteiger partial charge is 0.280 e. The van der Waals surface area contributed by atoms with Crippen molar-refractivity contribution in [1.29, 1.82) is 5.26 Å². The van der Waals surface area contributed by atoms with Crippen LogP contribution in [0.3, 0.4) is 0 Å². The van der Waals surface area contributed by atoms with E-state index in [4.69, 9.17) is 6.42 Å². The Morgan fingerprint density at radius 1 is 1.12 bits per heavy atom. The van der Waals surface area contributed by atoms with Crippen LogP contribution < -0.4 is 15.2 Å². The molecule has 3 aromatic rings. The van der Waals surface area contributed by atoms with E-state index in [1.165, 1.54) is 16.7 Å². The second-order valence-electron chi connectivity index (χ2n) is 7.87. The number of nitrogens with zero attached hydrogens (tertiary/aromatic N) is 3. The number of piperidine rings is 1. The van der Waals surface area contributed by atoms with Crippen molar-refractivity contribution in [2.45, 2.75) is 25.4 Å². The molecule has 33 heavy (non-hydrogen) atoms. The lowest BCUT2D eigenvalue weighted by Crippen LogP contribution is -2.45. The summed E-state index contributed by atoms with van der Waals surface area (Å²) in [5.41, 5.74) is 1.55. The van der Waals surface area contributed by atoms with Crippen molar-refractivity contribution >= 4 is 26.6 Å². The minimum atomic E-state index is -3.76. The molecule has 1 N–H and O–H groups in total. The fourth-order valence-corrected chi connectivity index (χ4v) is 4.97. The third-order valence-corrected chi connectivity index (χ3v) is 6.75. The Kier molecular flexibility index (Phi) is 6.19. The average molecular weight is 465 g/mol. The molecule has 2 heterocycles. The molecule has 0 amide bonds. The van der Waals surface area contributed by atoms with E-state index in [2.05, 4.69) is 10.8 Å². The van der Waals surface area contributed by atoms with Crippen LogP contribution in [-0.2, 0) is 16.6 Å². The molecule has 2 aromatic carbocycles. The molecule has 1 fully saturated rings. The quantitative estimate of drug-likeness (QED) is 0.586. The van der Waals surface area contributed by atoms with Crippen LogP contribution in [0.5, 0.6) is 0 Å². The van der Waals surface area contributed by atoms with Gasteiger partial charge in [-0.2, -0.15) is 13.7 Å². The summed E-state index contributed by atoms with van der Waals surface area (Å²) in [5, 5.41) is 12.4. The van der Waals surface area contributed by atoms with Crippen molar-refractivity contribution < 1.29 is 12.8 Å². The van der Waals surface area contributed by atoms with Crippen LogP contribution >= 0.6 is 0 Å². The topological polar surface area (TPSA) is 95.2 Å². The number of terminal acetylenes is 1. The Morgan fingerprint density at radius 2 is 1.79 bits per heavy atom. The number of nitrogens with one attached hydrogen (secondary N) is 1. The maximum Gasteiger partial charge on any atom is 0.280 e. The first-order valence-corrected chi connectivity index (χ1v) is 11.9. The van der Waals surface area contributed by atoms with Crippen molar-refractivity contribution in [2.24, 2.45) is 0 Å². The Bertz CT molecular complexity index is 1440. The zero-order valence-electron chi connectivity index (χ0n) is 17.7. The molecule has 168 valence electrons. The number of hydrogen-bond acceptors (Lipinski definition) is 5. The molecule has 0 spiro atoms. The van der Waals surface area contributed by atoms with Gasteiger partial charge in [-0.05, 0) is 36.6 Å². The number of fused-ring (bicyclic) bond motifs is 1. The van der Waals surface area contributed by atoms with Gasteiger partial charge in [-0.25, -0.2) is 9.11 Å².